The van der Waals surface area contributed by atoms with Gasteiger partial charge < -0.3 is 19.7 Å². The van der Waals surface area contributed by atoms with E-state index in [4.69, 9.17) is 9.47 Å². The van der Waals surface area contributed by atoms with Crippen LogP contribution in [0.25, 0.3) is 0 Å². The Hall–Kier alpha value is -2.57. The number of nitrogens with zero attached hydrogens (tertiary/aromatic N) is 4. The molecular formula is C16H21N5O2. The summed E-state index contributed by atoms with van der Waals surface area (Å²) >= 11 is 0. The highest BCUT2D eigenvalue weighted by atomic mass is 16.5. The van der Waals surface area contributed by atoms with Gasteiger partial charge in [0.05, 0.1) is 19.9 Å². The van der Waals surface area contributed by atoms with Crippen molar-refractivity contribution in [3.05, 3.63) is 30.5 Å². The molecule has 1 aliphatic rings. The smallest absolute Gasteiger partial charge is 0.247 e. The SMILES string of the molecule is COc1ccc(OCCNc2cnnc(N3CCCC3)n2)cc1. The number of rotatable bonds is 7. The van der Waals surface area contributed by atoms with E-state index in [0.717, 1.165) is 30.4 Å². The van der Waals surface area contributed by atoms with E-state index in [1.54, 1.807) is 13.3 Å². The third-order valence-electron chi connectivity index (χ3n) is 3.67. The zero-order valence-electron chi connectivity index (χ0n) is 13.2. The van der Waals surface area contributed by atoms with E-state index in [9.17, 15) is 0 Å². The Labute approximate surface area is 135 Å². The number of hydrogen-bond donors (Lipinski definition) is 1. The molecule has 1 aromatic carbocycles. The third-order valence-corrected chi connectivity index (χ3v) is 3.67. The van der Waals surface area contributed by atoms with Crippen LogP contribution >= 0.6 is 0 Å². The van der Waals surface area contributed by atoms with Crippen LogP contribution in [0, 0.1) is 0 Å². The van der Waals surface area contributed by atoms with E-state index < -0.39 is 0 Å². The van der Waals surface area contributed by atoms with E-state index in [0.29, 0.717) is 19.1 Å². The van der Waals surface area contributed by atoms with E-state index in [2.05, 4.69) is 25.4 Å². The Morgan fingerprint density at radius 3 is 2.61 bits per heavy atom. The Kier molecular flexibility index (Phi) is 5.08. The largest absolute Gasteiger partial charge is 0.497 e. The average molecular weight is 315 g/mol. The molecule has 0 aliphatic carbocycles. The molecule has 0 unspecified atom stereocenters. The molecule has 0 amide bonds. The van der Waals surface area contributed by atoms with Gasteiger partial charge in [-0.05, 0) is 37.1 Å². The fraction of sp³-hybridized carbons (Fsp3) is 0.438. The molecule has 7 heteroatoms. The molecule has 7 nitrogen and oxygen atoms in total. The van der Waals surface area contributed by atoms with Crippen LogP contribution in [0.5, 0.6) is 11.5 Å². The van der Waals surface area contributed by atoms with Crippen molar-refractivity contribution in [2.75, 3.05) is 43.6 Å². The second-order valence-corrected chi connectivity index (χ2v) is 5.29. The molecule has 1 N–H and O–H groups in total. The number of benzene rings is 1. The van der Waals surface area contributed by atoms with Crippen molar-refractivity contribution in [1.29, 1.82) is 0 Å². The van der Waals surface area contributed by atoms with Gasteiger partial charge in [-0.3, -0.25) is 0 Å². The van der Waals surface area contributed by atoms with Crippen LogP contribution in [0.3, 0.4) is 0 Å². The Morgan fingerprint density at radius 2 is 1.87 bits per heavy atom. The van der Waals surface area contributed by atoms with Gasteiger partial charge in [0, 0.05) is 13.1 Å². The zero-order valence-corrected chi connectivity index (χ0v) is 13.2. The molecule has 23 heavy (non-hydrogen) atoms. The van der Waals surface area contributed by atoms with Crippen molar-refractivity contribution < 1.29 is 9.47 Å². The lowest BCUT2D eigenvalue weighted by molar-refractivity contribution is 0.331. The van der Waals surface area contributed by atoms with Crippen molar-refractivity contribution in [3.63, 3.8) is 0 Å². The molecule has 1 saturated heterocycles. The lowest BCUT2D eigenvalue weighted by atomic mass is 10.3. The van der Waals surface area contributed by atoms with Gasteiger partial charge in [0.2, 0.25) is 5.95 Å². The van der Waals surface area contributed by atoms with Gasteiger partial charge in [-0.15, -0.1) is 5.10 Å². The van der Waals surface area contributed by atoms with Gasteiger partial charge in [0.1, 0.15) is 18.1 Å². The molecule has 2 heterocycles. The maximum atomic E-state index is 5.66. The van der Waals surface area contributed by atoms with Gasteiger partial charge in [-0.2, -0.15) is 10.1 Å². The summed E-state index contributed by atoms with van der Waals surface area (Å²) in [5.74, 6) is 3.05. The fourth-order valence-corrected chi connectivity index (χ4v) is 2.45. The second kappa shape index (κ2) is 7.62. The first-order valence-corrected chi connectivity index (χ1v) is 7.80. The van der Waals surface area contributed by atoms with Gasteiger partial charge in [0.15, 0.2) is 5.82 Å². The van der Waals surface area contributed by atoms with E-state index in [1.807, 2.05) is 24.3 Å². The number of anilines is 2. The normalized spacial score (nSPS) is 13.9. The first kappa shape index (κ1) is 15.3. The van der Waals surface area contributed by atoms with Gasteiger partial charge >= 0.3 is 0 Å². The molecule has 1 fully saturated rings. The van der Waals surface area contributed by atoms with Gasteiger partial charge in [-0.25, -0.2) is 0 Å². The highest BCUT2D eigenvalue weighted by Crippen LogP contribution is 2.17. The monoisotopic (exact) mass is 315 g/mol. The Balaban J connectivity index is 1.45. The summed E-state index contributed by atoms with van der Waals surface area (Å²) in [6.07, 6.45) is 4.01. The number of hydrogen-bond acceptors (Lipinski definition) is 7. The van der Waals surface area contributed by atoms with E-state index >= 15 is 0 Å². The van der Waals surface area contributed by atoms with Crippen molar-refractivity contribution in [2.45, 2.75) is 12.8 Å². The number of methoxy groups -OCH3 is 1. The van der Waals surface area contributed by atoms with Gasteiger partial charge in [0.25, 0.3) is 0 Å². The fourth-order valence-electron chi connectivity index (χ4n) is 2.45. The van der Waals surface area contributed by atoms with E-state index in [-0.39, 0.29) is 0 Å². The number of nitrogens with one attached hydrogen (secondary N) is 1. The van der Waals surface area contributed by atoms with Crippen molar-refractivity contribution in [2.24, 2.45) is 0 Å². The van der Waals surface area contributed by atoms with Crippen LogP contribution in [0.1, 0.15) is 12.8 Å². The van der Waals surface area contributed by atoms with Crippen LogP contribution in [0.2, 0.25) is 0 Å². The maximum Gasteiger partial charge on any atom is 0.247 e. The highest BCUT2D eigenvalue weighted by Gasteiger charge is 2.15. The molecule has 2 aromatic rings. The molecule has 1 aromatic heterocycles. The summed E-state index contributed by atoms with van der Waals surface area (Å²) in [4.78, 5) is 6.65. The quantitative estimate of drug-likeness (QED) is 0.783. The number of aromatic nitrogens is 3. The summed E-state index contributed by atoms with van der Waals surface area (Å²) < 4.78 is 10.8. The summed E-state index contributed by atoms with van der Waals surface area (Å²) in [6, 6.07) is 7.52. The maximum absolute atomic E-state index is 5.66. The first-order valence-electron chi connectivity index (χ1n) is 7.80. The molecule has 3 rings (SSSR count). The van der Waals surface area contributed by atoms with Crippen molar-refractivity contribution in [1.82, 2.24) is 15.2 Å². The summed E-state index contributed by atoms with van der Waals surface area (Å²) in [7, 11) is 1.64. The van der Waals surface area contributed by atoms with Gasteiger partial charge in [-0.1, -0.05) is 0 Å². The molecule has 0 radical (unpaired) electrons. The molecule has 0 atom stereocenters. The van der Waals surface area contributed by atoms with Crippen LogP contribution in [-0.4, -0.2) is 48.5 Å². The van der Waals surface area contributed by atoms with E-state index in [1.165, 1.54) is 12.8 Å². The minimum absolute atomic E-state index is 0.537. The minimum Gasteiger partial charge on any atom is -0.497 e. The molecule has 1 aliphatic heterocycles. The Bertz CT molecular complexity index is 614. The highest BCUT2D eigenvalue weighted by molar-refractivity contribution is 5.39. The predicted octanol–water partition coefficient (Wildman–Crippen LogP) is 1.97. The third kappa shape index (κ3) is 4.21. The molecule has 0 spiro atoms. The molecule has 0 bridgehead atoms. The lowest BCUT2D eigenvalue weighted by Crippen LogP contribution is -2.22. The molecule has 0 saturated carbocycles. The first-order chi connectivity index (χ1) is 11.3. The molecule has 122 valence electrons. The lowest BCUT2D eigenvalue weighted by Gasteiger charge is -2.15. The summed E-state index contributed by atoms with van der Waals surface area (Å²) in [6.45, 7) is 3.19. The zero-order chi connectivity index (χ0) is 15.9. The topological polar surface area (TPSA) is 72.4 Å². The number of ether oxygens (including phenoxy) is 2. The van der Waals surface area contributed by atoms with Crippen LogP contribution in [0.4, 0.5) is 11.8 Å². The predicted molar refractivity (Wildman–Crippen MR) is 88.3 cm³/mol. The standard InChI is InChI=1S/C16H21N5O2/c1-22-13-4-6-14(7-5-13)23-11-8-17-15-12-18-20-16(19-15)21-9-2-3-10-21/h4-7,12H,2-3,8-11H2,1H3,(H,17,19,20). The summed E-state index contributed by atoms with van der Waals surface area (Å²) in [5, 5.41) is 11.3. The summed E-state index contributed by atoms with van der Waals surface area (Å²) in [5.41, 5.74) is 0. The van der Waals surface area contributed by atoms with Crippen LogP contribution in [-0.2, 0) is 0 Å². The Morgan fingerprint density at radius 1 is 1.13 bits per heavy atom. The minimum atomic E-state index is 0.537. The van der Waals surface area contributed by atoms with Crippen LogP contribution in [0.15, 0.2) is 30.5 Å². The molecular weight excluding hydrogens is 294 g/mol. The van der Waals surface area contributed by atoms with Crippen LogP contribution < -0.4 is 19.7 Å². The average Bonchev–Trinajstić information content (AvgIpc) is 3.14. The second-order valence-electron chi connectivity index (χ2n) is 5.29. The van der Waals surface area contributed by atoms with Crippen molar-refractivity contribution >= 4 is 11.8 Å². The van der Waals surface area contributed by atoms with Crippen molar-refractivity contribution in [3.8, 4) is 11.5 Å².